The summed E-state index contributed by atoms with van der Waals surface area (Å²) in [7, 11) is 0. The highest BCUT2D eigenvalue weighted by Crippen LogP contribution is 2.24. The number of aliphatic hydroxyl groups excluding tert-OH is 1. The van der Waals surface area contributed by atoms with E-state index in [1.807, 2.05) is 25.1 Å². The van der Waals surface area contributed by atoms with Gasteiger partial charge in [0.05, 0.1) is 25.7 Å². The summed E-state index contributed by atoms with van der Waals surface area (Å²) in [6.07, 6.45) is -0.778. The predicted molar refractivity (Wildman–Crippen MR) is 82.5 cm³/mol. The molecule has 0 saturated carbocycles. The molecule has 116 valence electrons. The Kier molecular flexibility index (Phi) is 5.55. The molecule has 1 saturated heterocycles. The zero-order valence-corrected chi connectivity index (χ0v) is 12.3. The normalized spacial score (nSPS) is 16.6. The fraction of sp³-hybridized carbons (Fsp3) is 0.533. The number of amides is 1. The van der Waals surface area contributed by atoms with Gasteiger partial charge in [0.1, 0.15) is 0 Å². The lowest BCUT2D eigenvalue weighted by molar-refractivity contribution is -0.117. The molecule has 1 aliphatic rings. The first-order valence-corrected chi connectivity index (χ1v) is 7.21. The number of aryl methyl sites for hydroxylation is 1. The summed E-state index contributed by atoms with van der Waals surface area (Å²) in [5.74, 6) is -0.230. The van der Waals surface area contributed by atoms with Crippen LogP contribution in [-0.2, 0) is 9.53 Å². The van der Waals surface area contributed by atoms with Crippen molar-refractivity contribution in [1.29, 1.82) is 0 Å². The summed E-state index contributed by atoms with van der Waals surface area (Å²) < 4.78 is 5.35. The molecular formula is C15H23N3O3. The fourth-order valence-electron chi connectivity index (χ4n) is 2.40. The van der Waals surface area contributed by atoms with Gasteiger partial charge in [-0.2, -0.15) is 0 Å². The van der Waals surface area contributed by atoms with Crippen LogP contribution in [0.5, 0.6) is 0 Å². The Morgan fingerprint density at radius 2 is 2.19 bits per heavy atom. The number of anilines is 2. The second kappa shape index (κ2) is 7.40. The van der Waals surface area contributed by atoms with Gasteiger partial charge in [0.2, 0.25) is 5.91 Å². The predicted octanol–water partition coefficient (Wildman–Crippen LogP) is 0.480. The number of nitrogens with one attached hydrogen (secondary N) is 1. The summed E-state index contributed by atoms with van der Waals surface area (Å²) in [6, 6.07) is 5.83. The van der Waals surface area contributed by atoms with Crippen LogP contribution in [0.3, 0.4) is 0 Å². The first-order valence-electron chi connectivity index (χ1n) is 7.21. The topological polar surface area (TPSA) is 87.8 Å². The maximum absolute atomic E-state index is 11.7. The van der Waals surface area contributed by atoms with Crippen LogP contribution in [0.4, 0.5) is 11.4 Å². The van der Waals surface area contributed by atoms with E-state index in [4.69, 9.17) is 10.5 Å². The summed E-state index contributed by atoms with van der Waals surface area (Å²) in [4.78, 5) is 14.0. The molecule has 1 fully saturated rings. The molecule has 4 N–H and O–H groups in total. The van der Waals surface area contributed by atoms with Crippen molar-refractivity contribution in [2.75, 3.05) is 43.1 Å². The molecule has 0 radical (unpaired) electrons. The van der Waals surface area contributed by atoms with Gasteiger partial charge in [-0.25, -0.2) is 0 Å². The molecule has 1 unspecified atom stereocenters. The first kappa shape index (κ1) is 15.8. The van der Waals surface area contributed by atoms with Crippen molar-refractivity contribution in [3.8, 4) is 0 Å². The van der Waals surface area contributed by atoms with Crippen LogP contribution in [-0.4, -0.2) is 50.0 Å². The Morgan fingerprint density at radius 3 is 2.81 bits per heavy atom. The van der Waals surface area contributed by atoms with Gasteiger partial charge >= 0.3 is 0 Å². The van der Waals surface area contributed by atoms with E-state index in [-0.39, 0.29) is 18.9 Å². The summed E-state index contributed by atoms with van der Waals surface area (Å²) in [5.41, 5.74) is 8.30. The van der Waals surface area contributed by atoms with Crippen molar-refractivity contribution in [2.24, 2.45) is 5.73 Å². The van der Waals surface area contributed by atoms with E-state index in [2.05, 4.69) is 10.2 Å². The maximum Gasteiger partial charge on any atom is 0.227 e. The van der Waals surface area contributed by atoms with Crippen molar-refractivity contribution < 1.29 is 14.6 Å². The fourth-order valence-corrected chi connectivity index (χ4v) is 2.40. The van der Waals surface area contributed by atoms with Crippen molar-refractivity contribution >= 4 is 17.3 Å². The standard InChI is InChI=1S/C15H23N3O3/c1-11-8-12(17-15(20)9-13(19)10-16)2-3-14(11)18-4-6-21-7-5-18/h2-3,8,13,19H,4-7,9-10,16H2,1H3,(H,17,20). The van der Waals surface area contributed by atoms with E-state index in [1.54, 1.807) is 0 Å². The van der Waals surface area contributed by atoms with Gasteiger partial charge in [0.15, 0.2) is 0 Å². The van der Waals surface area contributed by atoms with Crippen molar-refractivity contribution in [3.05, 3.63) is 23.8 Å². The third kappa shape index (κ3) is 4.42. The Balaban J connectivity index is 1.99. The minimum atomic E-state index is -0.793. The van der Waals surface area contributed by atoms with Crippen LogP contribution in [0, 0.1) is 6.92 Å². The highest BCUT2D eigenvalue weighted by atomic mass is 16.5. The number of ether oxygens (including phenoxy) is 1. The molecule has 0 bridgehead atoms. The van der Waals surface area contributed by atoms with Crippen LogP contribution >= 0.6 is 0 Å². The minimum absolute atomic E-state index is 0.0146. The molecule has 1 amide bonds. The van der Waals surface area contributed by atoms with Crippen LogP contribution < -0.4 is 16.0 Å². The first-order chi connectivity index (χ1) is 10.1. The number of aliphatic hydroxyl groups is 1. The molecule has 6 heteroatoms. The number of rotatable bonds is 5. The number of hydrogen-bond acceptors (Lipinski definition) is 5. The molecular weight excluding hydrogens is 270 g/mol. The SMILES string of the molecule is Cc1cc(NC(=O)CC(O)CN)ccc1N1CCOCC1. The molecule has 0 aliphatic carbocycles. The quantitative estimate of drug-likeness (QED) is 0.735. The molecule has 1 aromatic rings. The highest BCUT2D eigenvalue weighted by molar-refractivity contribution is 5.91. The molecule has 1 aromatic carbocycles. The zero-order chi connectivity index (χ0) is 15.2. The number of morpholine rings is 1. The van der Waals surface area contributed by atoms with E-state index in [0.29, 0.717) is 0 Å². The lowest BCUT2D eigenvalue weighted by Crippen LogP contribution is -2.36. The zero-order valence-electron chi connectivity index (χ0n) is 12.3. The second-order valence-electron chi connectivity index (χ2n) is 5.24. The molecule has 1 atom stereocenters. The molecule has 1 aliphatic heterocycles. The molecule has 0 aromatic heterocycles. The van der Waals surface area contributed by atoms with Crippen LogP contribution in [0.2, 0.25) is 0 Å². The number of benzene rings is 1. The largest absolute Gasteiger partial charge is 0.391 e. The van der Waals surface area contributed by atoms with Gasteiger partial charge in [-0.15, -0.1) is 0 Å². The Hall–Kier alpha value is -1.63. The second-order valence-corrected chi connectivity index (χ2v) is 5.24. The Bertz CT molecular complexity index is 487. The number of carbonyl (C=O) groups is 1. The molecule has 21 heavy (non-hydrogen) atoms. The van der Waals surface area contributed by atoms with E-state index < -0.39 is 6.10 Å². The van der Waals surface area contributed by atoms with E-state index >= 15 is 0 Å². The summed E-state index contributed by atoms with van der Waals surface area (Å²) in [6.45, 7) is 5.37. The van der Waals surface area contributed by atoms with Gasteiger partial charge in [-0.3, -0.25) is 4.79 Å². The lowest BCUT2D eigenvalue weighted by Gasteiger charge is -2.30. The monoisotopic (exact) mass is 293 g/mol. The maximum atomic E-state index is 11.7. The van der Waals surface area contributed by atoms with E-state index in [1.165, 1.54) is 5.69 Å². The van der Waals surface area contributed by atoms with Gasteiger partial charge < -0.3 is 25.8 Å². The highest BCUT2D eigenvalue weighted by Gasteiger charge is 2.14. The lowest BCUT2D eigenvalue weighted by atomic mass is 10.1. The number of nitrogens with two attached hydrogens (primary N) is 1. The Labute approximate surface area is 124 Å². The number of carbonyl (C=O) groups excluding carboxylic acids is 1. The average molecular weight is 293 g/mol. The smallest absolute Gasteiger partial charge is 0.227 e. The Morgan fingerprint density at radius 1 is 1.48 bits per heavy atom. The van der Waals surface area contributed by atoms with Gasteiger partial charge in [0.25, 0.3) is 0 Å². The third-order valence-electron chi connectivity index (χ3n) is 3.53. The van der Waals surface area contributed by atoms with Gasteiger partial charge in [-0.05, 0) is 30.7 Å². The molecule has 1 heterocycles. The van der Waals surface area contributed by atoms with Crippen LogP contribution in [0.25, 0.3) is 0 Å². The van der Waals surface area contributed by atoms with Crippen molar-refractivity contribution in [2.45, 2.75) is 19.4 Å². The third-order valence-corrected chi connectivity index (χ3v) is 3.53. The molecule has 0 spiro atoms. The molecule has 6 nitrogen and oxygen atoms in total. The van der Waals surface area contributed by atoms with Crippen LogP contribution in [0.1, 0.15) is 12.0 Å². The van der Waals surface area contributed by atoms with Gasteiger partial charge in [-0.1, -0.05) is 0 Å². The van der Waals surface area contributed by atoms with E-state index in [9.17, 15) is 9.90 Å². The summed E-state index contributed by atoms with van der Waals surface area (Å²) >= 11 is 0. The van der Waals surface area contributed by atoms with Crippen molar-refractivity contribution in [1.82, 2.24) is 0 Å². The summed E-state index contributed by atoms with van der Waals surface area (Å²) in [5, 5.41) is 12.2. The number of hydrogen-bond donors (Lipinski definition) is 3. The van der Waals surface area contributed by atoms with Crippen molar-refractivity contribution in [3.63, 3.8) is 0 Å². The average Bonchev–Trinajstić information content (AvgIpc) is 2.48. The van der Waals surface area contributed by atoms with Gasteiger partial charge in [0, 0.05) is 31.0 Å². The minimum Gasteiger partial charge on any atom is -0.391 e. The van der Waals surface area contributed by atoms with E-state index in [0.717, 1.165) is 37.6 Å². The van der Waals surface area contributed by atoms with Crippen LogP contribution in [0.15, 0.2) is 18.2 Å². The molecule has 2 rings (SSSR count). The number of nitrogens with zero attached hydrogens (tertiary/aromatic N) is 1.